The van der Waals surface area contributed by atoms with E-state index in [2.05, 4.69) is 20.2 Å². The number of fused-ring (bicyclic) bond motifs is 1. The number of benzene rings is 1. The number of carbonyl (C=O) groups excluding carboxylic acids is 1. The summed E-state index contributed by atoms with van der Waals surface area (Å²) in [5.74, 6) is -0.745. The molecule has 2 aromatic heterocycles. The third-order valence-corrected chi connectivity index (χ3v) is 4.81. The zero-order valence-electron chi connectivity index (χ0n) is 13.0. The summed E-state index contributed by atoms with van der Waals surface area (Å²) in [6.07, 6.45) is 1.53. The number of aryl methyl sites for hydroxylation is 1. The monoisotopic (exact) mass is 345 g/mol. The van der Waals surface area contributed by atoms with Gasteiger partial charge in [0, 0.05) is 18.9 Å². The highest BCUT2D eigenvalue weighted by molar-refractivity contribution is 7.90. The average molecular weight is 345 g/mol. The number of hydrogen-bond donors (Lipinski definition) is 2. The number of hydrogen-bond acceptors (Lipinski definition) is 6. The molecular formula is C15H15N5O3S. The van der Waals surface area contributed by atoms with Gasteiger partial charge in [-0.05, 0) is 37.3 Å². The molecule has 124 valence electrons. The molecule has 0 spiro atoms. The van der Waals surface area contributed by atoms with Crippen LogP contribution < -0.4 is 10.0 Å². The van der Waals surface area contributed by atoms with Crippen molar-refractivity contribution < 1.29 is 13.2 Å². The van der Waals surface area contributed by atoms with Crippen molar-refractivity contribution in [3.8, 4) is 0 Å². The summed E-state index contributed by atoms with van der Waals surface area (Å²) in [5, 5.41) is 10.9. The standard InChI is InChI=1S/C15H15N5O3S/c1-10-14(13-7-4-8-17-20(13)18-10)15(21)19-24(22,23)12-6-3-5-11(9-12)16-2/h3-9,16H,1-2H3,(H,19,21). The first-order chi connectivity index (χ1) is 11.4. The summed E-state index contributed by atoms with van der Waals surface area (Å²) >= 11 is 0. The van der Waals surface area contributed by atoms with Crippen LogP contribution in [0.1, 0.15) is 16.1 Å². The van der Waals surface area contributed by atoms with E-state index < -0.39 is 15.9 Å². The van der Waals surface area contributed by atoms with E-state index in [1.807, 2.05) is 0 Å². The second-order valence-corrected chi connectivity index (χ2v) is 6.75. The molecule has 1 aromatic carbocycles. The Kier molecular flexibility index (Phi) is 3.94. The van der Waals surface area contributed by atoms with Gasteiger partial charge in [0.05, 0.1) is 16.2 Å². The second-order valence-electron chi connectivity index (χ2n) is 5.07. The highest BCUT2D eigenvalue weighted by atomic mass is 32.2. The molecule has 3 aromatic rings. The van der Waals surface area contributed by atoms with Crippen LogP contribution in [0, 0.1) is 6.92 Å². The molecule has 0 radical (unpaired) electrons. The molecule has 1 amide bonds. The minimum absolute atomic E-state index is 0.00467. The molecule has 0 saturated heterocycles. The fraction of sp³-hybridized carbons (Fsp3) is 0.133. The number of nitrogens with one attached hydrogen (secondary N) is 2. The van der Waals surface area contributed by atoms with Gasteiger partial charge in [-0.25, -0.2) is 13.1 Å². The zero-order chi connectivity index (χ0) is 17.3. The Hall–Kier alpha value is -2.94. The van der Waals surface area contributed by atoms with Crippen LogP contribution in [0.5, 0.6) is 0 Å². The van der Waals surface area contributed by atoms with Crippen molar-refractivity contribution in [2.75, 3.05) is 12.4 Å². The Morgan fingerprint density at radius 2 is 2.00 bits per heavy atom. The zero-order valence-corrected chi connectivity index (χ0v) is 13.8. The van der Waals surface area contributed by atoms with Gasteiger partial charge in [0.1, 0.15) is 5.52 Å². The fourth-order valence-electron chi connectivity index (χ4n) is 2.34. The maximum absolute atomic E-state index is 12.5. The molecule has 0 saturated carbocycles. The van der Waals surface area contributed by atoms with E-state index in [9.17, 15) is 13.2 Å². The van der Waals surface area contributed by atoms with E-state index in [0.717, 1.165) is 0 Å². The van der Waals surface area contributed by atoms with E-state index >= 15 is 0 Å². The van der Waals surface area contributed by atoms with Crippen molar-refractivity contribution in [2.45, 2.75) is 11.8 Å². The van der Waals surface area contributed by atoms with Gasteiger partial charge in [0.25, 0.3) is 15.9 Å². The molecule has 0 bridgehead atoms. The third-order valence-electron chi connectivity index (χ3n) is 3.48. The number of rotatable bonds is 4. The average Bonchev–Trinajstić information content (AvgIpc) is 2.90. The number of nitrogens with zero attached hydrogens (tertiary/aromatic N) is 3. The van der Waals surface area contributed by atoms with Gasteiger partial charge in [0.2, 0.25) is 0 Å². The summed E-state index contributed by atoms with van der Waals surface area (Å²) in [7, 11) is -2.32. The van der Waals surface area contributed by atoms with Gasteiger partial charge < -0.3 is 5.32 Å². The lowest BCUT2D eigenvalue weighted by atomic mass is 10.2. The normalized spacial score (nSPS) is 11.4. The van der Waals surface area contributed by atoms with Crippen molar-refractivity contribution in [3.05, 3.63) is 53.9 Å². The molecule has 24 heavy (non-hydrogen) atoms. The van der Waals surface area contributed by atoms with Gasteiger partial charge >= 0.3 is 0 Å². The molecule has 2 heterocycles. The Bertz CT molecular complexity index is 1030. The number of aromatic nitrogens is 3. The minimum Gasteiger partial charge on any atom is -0.388 e. The van der Waals surface area contributed by atoms with E-state index in [4.69, 9.17) is 0 Å². The Balaban J connectivity index is 1.97. The first kappa shape index (κ1) is 15.9. The molecule has 0 aliphatic heterocycles. The molecule has 9 heteroatoms. The maximum atomic E-state index is 12.5. The smallest absolute Gasteiger partial charge is 0.269 e. The third kappa shape index (κ3) is 2.81. The summed E-state index contributed by atoms with van der Waals surface area (Å²) in [6.45, 7) is 1.62. The molecule has 0 atom stereocenters. The summed E-state index contributed by atoms with van der Waals surface area (Å²) < 4.78 is 28.3. The Morgan fingerprint density at radius 1 is 1.21 bits per heavy atom. The lowest BCUT2D eigenvalue weighted by Crippen LogP contribution is -2.31. The van der Waals surface area contributed by atoms with Crippen LogP contribution in [0.25, 0.3) is 5.52 Å². The number of amides is 1. The molecule has 0 aliphatic rings. The fourth-order valence-corrected chi connectivity index (χ4v) is 3.34. The molecular weight excluding hydrogens is 330 g/mol. The van der Waals surface area contributed by atoms with Crippen LogP contribution in [0.4, 0.5) is 5.69 Å². The van der Waals surface area contributed by atoms with Gasteiger partial charge in [0.15, 0.2) is 0 Å². The van der Waals surface area contributed by atoms with Crippen LogP contribution >= 0.6 is 0 Å². The van der Waals surface area contributed by atoms with Gasteiger partial charge in [-0.15, -0.1) is 0 Å². The lowest BCUT2D eigenvalue weighted by molar-refractivity contribution is 0.0982. The van der Waals surface area contributed by atoms with E-state index in [1.54, 1.807) is 38.2 Å². The van der Waals surface area contributed by atoms with E-state index in [1.165, 1.54) is 23.0 Å². The Morgan fingerprint density at radius 3 is 2.75 bits per heavy atom. The van der Waals surface area contributed by atoms with Crippen molar-refractivity contribution >= 4 is 27.1 Å². The van der Waals surface area contributed by atoms with Crippen LogP contribution in [0.2, 0.25) is 0 Å². The second kappa shape index (κ2) is 5.93. The Labute approximate surface area is 138 Å². The largest absolute Gasteiger partial charge is 0.388 e. The molecule has 3 rings (SSSR count). The highest BCUT2D eigenvalue weighted by Gasteiger charge is 2.23. The number of anilines is 1. The van der Waals surface area contributed by atoms with Gasteiger partial charge in [-0.3, -0.25) is 4.79 Å². The summed E-state index contributed by atoms with van der Waals surface area (Å²) in [4.78, 5) is 12.5. The predicted octanol–water partition coefficient (Wildman–Crippen LogP) is 1.20. The van der Waals surface area contributed by atoms with E-state index in [-0.39, 0.29) is 10.5 Å². The van der Waals surface area contributed by atoms with Crippen LogP contribution in [0.15, 0.2) is 47.5 Å². The molecule has 0 fully saturated rings. The van der Waals surface area contributed by atoms with Gasteiger partial charge in [-0.1, -0.05) is 6.07 Å². The summed E-state index contributed by atoms with van der Waals surface area (Å²) in [6, 6.07) is 9.48. The van der Waals surface area contributed by atoms with Crippen molar-refractivity contribution in [1.29, 1.82) is 0 Å². The van der Waals surface area contributed by atoms with Crippen molar-refractivity contribution in [1.82, 2.24) is 19.5 Å². The molecule has 8 nitrogen and oxygen atoms in total. The van der Waals surface area contributed by atoms with Crippen LogP contribution in [-0.2, 0) is 10.0 Å². The maximum Gasteiger partial charge on any atom is 0.269 e. The van der Waals surface area contributed by atoms with Crippen molar-refractivity contribution in [2.24, 2.45) is 0 Å². The molecule has 2 N–H and O–H groups in total. The minimum atomic E-state index is -4.00. The first-order valence-corrected chi connectivity index (χ1v) is 8.56. The van der Waals surface area contributed by atoms with Crippen LogP contribution in [0.3, 0.4) is 0 Å². The number of carbonyl (C=O) groups is 1. The molecule has 0 unspecified atom stereocenters. The molecule has 0 aliphatic carbocycles. The summed E-state index contributed by atoms with van der Waals surface area (Å²) in [5.41, 5.74) is 1.63. The van der Waals surface area contributed by atoms with E-state index in [0.29, 0.717) is 16.9 Å². The lowest BCUT2D eigenvalue weighted by Gasteiger charge is -2.08. The number of sulfonamides is 1. The predicted molar refractivity (Wildman–Crippen MR) is 88.4 cm³/mol. The first-order valence-electron chi connectivity index (χ1n) is 7.08. The highest BCUT2D eigenvalue weighted by Crippen LogP contribution is 2.17. The quantitative estimate of drug-likeness (QED) is 0.736. The van der Waals surface area contributed by atoms with Crippen molar-refractivity contribution in [3.63, 3.8) is 0 Å². The SMILES string of the molecule is CNc1cccc(S(=O)(=O)NC(=O)c2c(C)nn3ncccc23)c1. The van der Waals surface area contributed by atoms with Crippen LogP contribution in [-0.4, -0.2) is 36.2 Å². The topological polar surface area (TPSA) is 105 Å². The van der Waals surface area contributed by atoms with Gasteiger partial charge in [-0.2, -0.15) is 14.8 Å².